The molecule has 0 spiro atoms. The number of hydrazine groups is 1. The quantitative estimate of drug-likeness (QED) is 0.576. The topological polar surface area (TPSA) is 106 Å². The Morgan fingerprint density at radius 1 is 1.50 bits per heavy atom. The molecule has 1 amide bonds. The molecule has 0 aliphatic rings. The number of halogens is 1. The maximum Gasteiger partial charge on any atom is 0.278 e. The molecule has 2 aromatic heterocycles. The molecule has 0 radical (unpaired) electrons. The van der Waals surface area contributed by atoms with Gasteiger partial charge < -0.3 is 9.95 Å². The van der Waals surface area contributed by atoms with E-state index in [0.717, 1.165) is 0 Å². The van der Waals surface area contributed by atoms with Crippen molar-refractivity contribution in [3.8, 4) is 0 Å². The number of amides is 1. The van der Waals surface area contributed by atoms with Crippen molar-refractivity contribution in [1.29, 1.82) is 0 Å². The number of aromatic nitrogens is 2. The summed E-state index contributed by atoms with van der Waals surface area (Å²) < 4.78 is 4.86. The van der Waals surface area contributed by atoms with Crippen LogP contribution in [0.15, 0.2) is 22.7 Å². The van der Waals surface area contributed by atoms with Crippen molar-refractivity contribution in [2.45, 2.75) is 6.92 Å². The maximum atomic E-state index is 11.9. The number of carbonyl (C=O) groups is 1. The zero-order valence-electron chi connectivity index (χ0n) is 9.40. The van der Waals surface area contributed by atoms with E-state index in [4.69, 9.17) is 22.0 Å². The first-order chi connectivity index (χ1) is 8.60. The fourth-order valence-corrected chi connectivity index (χ4v) is 1.47. The van der Waals surface area contributed by atoms with Gasteiger partial charge in [0.2, 0.25) is 5.88 Å². The molecule has 7 nitrogen and oxygen atoms in total. The largest absolute Gasteiger partial charge is 0.338 e. The Morgan fingerprint density at radius 2 is 2.28 bits per heavy atom. The van der Waals surface area contributed by atoms with Crippen LogP contribution >= 0.6 is 11.6 Å². The number of nitrogens with two attached hydrogens (primary N) is 1. The van der Waals surface area contributed by atoms with Gasteiger partial charge in [0, 0.05) is 6.07 Å². The highest BCUT2D eigenvalue weighted by atomic mass is 35.5. The number of nitrogens with one attached hydrogen (secondary N) is 2. The summed E-state index contributed by atoms with van der Waals surface area (Å²) in [5.74, 6) is 5.26. The second-order valence-electron chi connectivity index (χ2n) is 3.46. The third-order valence-electron chi connectivity index (χ3n) is 2.07. The first-order valence-corrected chi connectivity index (χ1v) is 5.36. The number of nitrogen functional groups attached to an aromatic ring is 1. The summed E-state index contributed by atoms with van der Waals surface area (Å²) in [6.07, 6.45) is 0. The number of nitrogens with zero attached hydrogens (tertiary/aromatic N) is 2. The van der Waals surface area contributed by atoms with Crippen LogP contribution in [0.2, 0.25) is 5.02 Å². The number of hydrogen-bond acceptors (Lipinski definition) is 6. The molecule has 0 unspecified atom stereocenters. The zero-order valence-corrected chi connectivity index (χ0v) is 10.2. The maximum absolute atomic E-state index is 11.9. The van der Waals surface area contributed by atoms with Crippen molar-refractivity contribution in [2.75, 3.05) is 10.7 Å². The van der Waals surface area contributed by atoms with E-state index in [-0.39, 0.29) is 16.6 Å². The molecule has 0 saturated heterocycles. The van der Waals surface area contributed by atoms with Crippen LogP contribution in [0.4, 0.5) is 11.7 Å². The lowest BCUT2D eigenvalue weighted by Crippen LogP contribution is -2.16. The highest BCUT2D eigenvalue weighted by Crippen LogP contribution is 2.18. The van der Waals surface area contributed by atoms with Gasteiger partial charge in [-0.05, 0) is 19.1 Å². The van der Waals surface area contributed by atoms with Crippen LogP contribution in [0, 0.1) is 6.92 Å². The van der Waals surface area contributed by atoms with Crippen LogP contribution in [-0.2, 0) is 0 Å². The first-order valence-electron chi connectivity index (χ1n) is 4.98. The van der Waals surface area contributed by atoms with E-state index in [2.05, 4.69) is 20.9 Å². The second kappa shape index (κ2) is 5.03. The molecule has 0 aromatic carbocycles. The van der Waals surface area contributed by atoms with Crippen molar-refractivity contribution in [3.05, 3.63) is 34.6 Å². The number of pyridine rings is 1. The molecule has 0 saturated carbocycles. The van der Waals surface area contributed by atoms with E-state index >= 15 is 0 Å². The summed E-state index contributed by atoms with van der Waals surface area (Å²) in [7, 11) is 0. The predicted octanol–water partition coefficient (Wildman–Crippen LogP) is 1.57. The molecule has 18 heavy (non-hydrogen) atoms. The van der Waals surface area contributed by atoms with Crippen molar-refractivity contribution in [1.82, 2.24) is 10.1 Å². The lowest BCUT2D eigenvalue weighted by atomic mass is 10.3. The smallest absolute Gasteiger partial charge is 0.278 e. The van der Waals surface area contributed by atoms with Crippen LogP contribution in [0.1, 0.15) is 16.2 Å². The first kappa shape index (κ1) is 12.3. The summed E-state index contributed by atoms with van der Waals surface area (Å²) in [4.78, 5) is 15.8. The van der Waals surface area contributed by atoms with Crippen molar-refractivity contribution >= 4 is 29.2 Å². The number of hydrogen-bond donors (Lipinski definition) is 3. The van der Waals surface area contributed by atoms with Crippen LogP contribution in [0.25, 0.3) is 0 Å². The molecule has 2 heterocycles. The highest BCUT2D eigenvalue weighted by molar-refractivity contribution is 6.34. The van der Waals surface area contributed by atoms with Gasteiger partial charge in [0.15, 0.2) is 0 Å². The summed E-state index contributed by atoms with van der Waals surface area (Å²) in [5.41, 5.74) is 3.03. The SMILES string of the molecule is Cc1cc(NC(=O)c2nc(NN)ccc2Cl)on1. The van der Waals surface area contributed by atoms with Gasteiger partial charge in [0.05, 0.1) is 10.7 Å². The lowest BCUT2D eigenvalue weighted by molar-refractivity contribution is 0.101. The molecular formula is C10H10ClN5O2. The Labute approximate surface area is 107 Å². The third-order valence-corrected chi connectivity index (χ3v) is 2.38. The normalized spacial score (nSPS) is 10.2. The second-order valence-corrected chi connectivity index (χ2v) is 3.87. The fourth-order valence-electron chi connectivity index (χ4n) is 1.28. The molecule has 4 N–H and O–H groups in total. The molecule has 2 aromatic rings. The average Bonchev–Trinajstić information content (AvgIpc) is 2.75. The van der Waals surface area contributed by atoms with Gasteiger partial charge in [-0.3, -0.25) is 10.1 Å². The minimum absolute atomic E-state index is 0.0427. The number of anilines is 2. The number of carbonyl (C=O) groups excluding carboxylic acids is 1. The van der Waals surface area contributed by atoms with Gasteiger partial charge >= 0.3 is 0 Å². The molecule has 0 aliphatic heterocycles. The van der Waals surface area contributed by atoms with Gasteiger partial charge in [0.25, 0.3) is 5.91 Å². The van der Waals surface area contributed by atoms with Crippen LogP contribution in [-0.4, -0.2) is 16.0 Å². The van der Waals surface area contributed by atoms with E-state index in [0.29, 0.717) is 11.5 Å². The van der Waals surface area contributed by atoms with E-state index in [9.17, 15) is 4.79 Å². The molecule has 2 rings (SSSR count). The Morgan fingerprint density at radius 3 is 2.89 bits per heavy atom. The standard InChI is InChI=1S/C10H10ClN5O2/c1-5-4-8(18-16-5)14-10(17)9-6(11)2-3-7(13-9)15-12/h2-4H,12H2,1H3,(H,13,15)(H,14,17). The minimum atomic E-state index is -0.506. The zero-order chi connectivity index (χ0) is 13.1. The molecular weight excluding hydrogens is 258 g/mol. The van der Waals surface area contributed by atoms with Gasteiger partial charge in [-0.1, -0.05) is 16.8 Å². The molecule has 8 heteroatoms. The Kier molecular flexibility index (Phi) is 3.45. The van der Waals surface area contributed by atoms with E-state index < -0.39 is 5.91 Å². The summed E-state index contributed by atoms with van der Waals surface area (Å²) in [6.45, 7) is 1.74. The van der Waals surface area contributed by atoms with Crippen molar-refractivity contribution in [3.63, 3.8) is 0 Å². The van der Waals surface area contributed by atoms with Crippen LogP contribution < -0.4 is 16.6 Å². The monoisotopic (exact) mass is 267 g/mol. The predicted molar refractivity (Wildman–Crippen MR) is 66.3 cm³/mol. The molecule has 94 valence electrons. The van der Waals surface area contributed by atoms with Gasteiger partial charge in [-0.25, -0.2) is 10.8 Å². The Bertz CT molecular complexity index is 583. The molecule has 0 fully saturated rings. The highest BCUT2D eigenvalue weighted by Gasteiger charge is 2.15. The fraction of sp³-hybridized carbons (Fsp3) is 0.100. The third kappa shape index (κ3) is 2.58. The van der Waals surface area contributed by atoms with E-state index in [1.165, 1.54) is 6.07 Å². The van der Waals surface area contributed by atoms with E-state index in [1.807, 2.05) is 0 Å². The van der Waals surface area contributed by atoms with Gasteiger partial charge in [-0.15, -0.1) is 0 Å². The van der Waals surface area contributed by atoms with E-state index in [1.54, 1.807) is 19.1 Å². The number of rotatable bonds is 3. The Hall–Kier alpha value is -2.12. The van der Waals surface area contributed by atoms with Crippen molar-refractivity contribution in [2.24, 2.45) is 5.84 Å². The minimum Gasteiger partial charge on any atom is -0.338 e. The lowest BCUT2D eigenvalue weighted by Gasteiger charge is -2.05. The van der Waals surface area contributed by atoms with Gasteiger partial charge in [0.1, 0.15) is 11.5 Å². The average molecular weight is 268 g/mol. The molecule has 0 atom stereocenters. The number of aryl methyl sites for hydroxylation is 1. The van der Waals surface area contributed by atoms with Crippen molar-refractivity contribution < 1.29 is 9.32 Å². The van der Waals surface area contributed by atoms with Gasteiger partial charge in [-0.2, -0.15) is 0 Å². The van der Waals surface area contributed by atoms with Crippen LogP contribution in [0.5, 0.6) is 0 Å². The summed E-state index contributed by atoms with van der Waals surface area (Å²) in [6, 6.07) is 4.65. The molecule has 0 bridgehead atoms. The Balaban J connectivity index is 2.23. The summed E-state index contributed by atoms with van der Waals surface area (Å²) >= 11 is 5.88. The summed E-state index contributed by atoms with van der Waals surface area (Å²) in [5, 5.41) is 6.34. The molecule has 0 aliphatic carbocycles. The van der Waals surface area contributed by atoms with Crippen LogP contribution in [0.3, 0.4) is 0 Å².